The first kappa shape index (κ1) is 66.3. The summed E-state index contributed by atoms with van der Waals surface area (Å²) in [6.07, 6.45) is 82.7. The Morgan fingerprint density at radius 2 is 0.577 bits per heavy atom. The summed E-state index contributed by atoms with van der Waals surface area (Å²) in [5, 5.41) is 0. The minimum Gasteiger partial charge on any atom is -0.462 e. The highest BCUT2D eigenvalue weighted by atomic mass is 16.6. The van der Waals surface area contributed by atoms with E-state index in [1.165, 1.54) is 51.4 Å². The molecule has 0 aromatic rings. The summed E-state index contributed by atoms with van der Waals surface area (Å²) in [6.45, 7) is 6.35. The summed E-state index contributed by atoms with van der Waals surface area (Å²) in [4.78, 5) is 38.1. The van der Waals surface area contributed by atoms with E-state index in [1.54, 1.807) is 0 Å². The Morgan fingerprint density at radius 3 is 0.958 bits per heavy atom. The number of rotatable bonds is 49. The Balaban J connectivity index is 4.62. The van der Waals surface area contributed by atoms with E-state index in [1.807, 2.05) is 12.2 Å². The lowest BCUT2D eigenvalue weighted by Crippen LogP contribution is -2.30. The molecule has 0 spiro atoms. The van der Waals surface area contributed by atoms with Crippen molar-refractivity contribution in [3.8, 4) is 0 Å². The zero-order valence-corrected chi connectivity index (χ0v) is 45.4. The molecule has 0 aromatic carbocycles. The van der Waals surface area contributed by atoms with Crippen LogP contribution in [-0.4, -0.2) is 37.2 Å². The van der Waals surface area contributed by atoms with E-state index in [0.29, 0.717) is 19.3 Å². The summed E-state index contributed by atoms with van der Waals surface area (Å²) in [5.74, 6) is -1.07. The fourth-order valence-corrected chi connectivity index (χ4v) is 7.07. The Hall–Kier alpha value is -4.71. The van der Waals surface area contributed by atoms with Gasteiger partial charge in [0.15, 0.2) is 6.10 Å². The third-order valence-corrected chi connectivity index (χ3v) is 11.3. The minimum atomic E-state index is -0.838. The highest BCUT2D eigenvalue weighted by Crippen LogP contribution is 2.12. The Kier molecular flexibility index (Phi) is 54.0. The molecule has 6 heteroatoms. The Bertz CT molecular complexity index is 1590. The Morgan fingerprint density at radius 1 is 0.296 bits per heavy atom. The van der Waals surface area contributed by atoms with E-state index >= 15 is 0 Å². The molecule has 0 saturated heterocycles. The number of ether oxygens (including phenoxy) is 3. The maximum absolute atomic E-state index is 12.9. The van der Waals surface area contributed by atoms with Crippen LogP contribution in [0.2, 0.25) is 0 Å². The first-order chi connectivity index (χ1) is 35.0. The van der Waals surface area contributed by atoms with Gasteiger partial charge in [-0.3, -0.25) is 14.4 Å². The average molecular weight is 980 g/mol. The fourth-order valence-electron chi connectivity index (χ4n) is 7.07. The average Bonchev–Trinajstić information content (AvgIpc) is 3.37. The van der Waals surface area contributed by atoms with Crippen LogP contribution >= 0.6 is 0 Å². The molecule has 0 aromatic heterocycles. The molecule has 0 saturated carbocycles. The van der Waals surface area contributed by atoms with Gasteiger partial charge in [-0.05, 0) is 135 Å². The third kappa shape index (κ3) is 56.1. The maximum Gasteiger partial charge on any atom is 0.306 e. The number of carbonyl (C=O) groups excluding carboxylic acids is 3. The molecule has 0 bridgehead atoms. The molecule has 1 atom stereocenters. The highest BCUT2D eigenvalue weighted by Gasteiger charge is 2.19. The molecule has 0 aliphatic carbocycles. The largest absolute Gasteiger partial charge is 0.462 e. The van der Waals surface area contributed by atoms with Crippen LogP contribution in [0.25, 0.3) is 0 Å². The molecular formula is C65H102O6. The van der Waals surface area contributed by atoms with Crippen molar-refractivity contribution in [2.75, 3.05) is 13.2 Å². The van der Waals surface area contributed by atoms with Crippen molar-refractivity contribution in [2.24, 2.45) is 0 Å². The third-order valence-electron chi connectivity index (χ3n) is 11.3. The lowest BCUT2D eigenvalue weighted by Gasteiger charge is -2.18. The van der Waals surface area contributed by atoms with E-state index < -0.39 is 6.10 Å². The molecule has 0 amide bonds. The van der Waals surface area contributed by atoms with Gasteiger partial charge in [-0.2, -0.15) is 0 Å². The van der Waals surface area contributed by atoms with Crippen LogP contribution in [0.1, 0.15) is 226 Å². The van der Waals surface area contributed by atoms with Crippen molar-refractivity contribution < 1.29 is 28.6 Å². The molecule has 0 radical (unpaired) electrons. The number of unbranched alkanes of at least 4 members (excludes halogenated alkanes) is 14. The standard InChI is InChI=1S/C65H102O6/c1-4-7-10-13-16-19-22-25-28-30-32-34-37-40-43-46-49-52-55-58-64(67)70-61-62(60-69-63(66)57-54-51-48-45-42-39-36-27-24-21-18-15-12-9-6-3)71-65(68)59-56-53-50-47-44-41-38-35-33-31-29-26-23-20-17-14-11-8-5-2/h7,10,16-21,25-29,32-36,40-41,43-44,49,52,62H,4-6,8-9,11-15,22-24,30-31,37-39,42,45-48,50-51,53-61H2,1-3H3/b10-7-,19-16-,20-17-,21-18-,28-25-,29-26-,34-32-,35-33-,36-27-,43-40-,44-41-,52-49-/t62-/m1/s1. The SMILES string of the molecule is CC/C=C\C/C=C\C/C=C\C/C=C\C/C=C\C/C=C\CCC(=O)OC[C@@H](COC(=O)CCCCCCC/C=C\C/C=C\CCCCC)OC(=O)CCCCC/C=C\C/C=C\C/C=C\C/C=C\CCCCC. The second-order valence-electron chi connectivity index (χ2n) is 18.1. The number of esters is 3. The topological polar surface area (TPSA) is 78.9 Å². The van der Waals surface area contributed by atoms with Gasteiger partial charge in [0.25, 0.3) is 0 Å². The number of hydrogen-bond donors (Lipinski definition) is 0. The molecule has 0 N–H and O–H groups in total. The van der Waals surface area contributed by atoms with Crippen molar-refractivity contribution in [3.05, 3.63) is 146 Å². The van der Waals surface area contributed by atoms with Gasteiger partial charge in [0.2, 0.25) is 0 Å². The minimum absolute atomic E-state index is 0.128. The summed E-state index contributed by atoms with van der Waals surface area (Å²) < 4.78 is 16.7. The second kappa shape index (κ2) is 57.9. The molecule has 0 rings (SSSR count). The molecular weight excluding hydrogens is 877 g/mol. The van der Waals surface area contributed by atoms with Gasteiger partial charge >= 0.3 is 17.9 Å². The van der Waals surface area contributed by atoms with Gasteiger partial charge in [0, 0.05) is 19.3 Å². The van der Waals surface area contributed by atoms with Crippen molar-refractivity contribution in [3.63, 3.8) is 0 Å². The fraction of sp³-hybridized carbons (Fsp3) is 0.585. The molecule has 71 heavy (non-hydrogen) atoms. The van der Waals surface area contributed by atoms with E-state index in [-0.39, 0.29) is 44.0 Å². The first-order valence-corrected chi connectivity index (χ1v) is 28.3. The molecule has 398 valence electrons. The second-order valence-corrected chi connectivity index (χ2v) is 18.1. The van der Waals surface area contributed by atoms with E-state index in [4.69, 9.17) is 14.2 Å². The van der Waals surface area contributed by atoms with E-state index in [9.17, 15) is 14.4 Å². The quantitative estimate of drug-likeness (QED) is 0.0262. The monoisotopic (exact) mass is 979 g/mol. The van der Waals surface area contributed by atoms with Crippen molar-refractivity contribution in [2.45, 2.75) is 232 Å². The van der Waals surface area contributed by atoms with Crippen molar-refractivity contribution >= 4 is 17.9 Å². The lowest BCUT2D eigenvalue weighted by atomic mass is 10.1. The van der Waals surface area contributed by atoms with Gasteiger partial charge in [-0.1, -0.05) is 218 Å². The van der Waals surface area contributed by atoms with Crippen LogP contribution in [-0.2, 0) is 28.6 Å². The maximum atomic E-state index is 12.9. The zero-order chi connectivity index (χ0) is 51.4. The van der Waals surface area contributed by atoms with Crippen molar-refractivity contribution in [1.82, 2.24) is 0 Å². The smallest absolute Gasteiger partial charge is 0.306 e. The lowest BCUT2D eigenvalue weighted by molar-refractivity contribution is -0.166. The first-order valence-electron chi connectivity index (χ1n) is 28.3. The summed E-state index contributed by atoms with van der Waals surface area (Å²) in [6, 6.07) is 0. The van der Waals surface area contributed by atoms with E-state index in [2.05, 4.69) is 154 Å². The predicted octanol–water partition coefficient (Wildman–Crippen LogP) is 19.2. The van der Waals surface area contributed by atoms with Crippen LogP contribution < -0.4 is 0 Å². The van der Waals surface area contributed by atoms with Gasteiger partial charge in [0.05, 0.1) is 0 Å². The van der Waals surface area contributed by atoms with Gasteiger partial charge in [-0.25, -0.2) is 0 Å². The molecule has 0 fully saturated rings. The van der Waals surface area contributed by atoms with Crippen LogP contribution in [0.4, 0.5) is 0 Å². The summed E-state index contributed by atoms with van der Waals surface area (Å²) in [5.41, 5.74) is 0. The normalized spacial score (nSPS) is 13.2. The molecule has 0 unspecified atom stereocenters. The van der Waals surface area contributed by atoms with E-state index in [0.717, 1.165) is 122 Å². The summed E-state index contributed by atoms with van der Waals surface area (Å²) in [7, 11) is 0. The Labute approximate surface area is 436 Å². The van der Waals surface area contributed by atoms with Gasteiger partial charge in [-0.15, -0.1) is 0 Å². The summed E-state index contributed by atoms with van der Waals surface area (Å²) >= 11 is 0. The molecule has 6 nitrogen and oxygen atoms in total. The number of hydrogen-bond acceptors (Lipinski definition) is 6. The highest BCUT2D eigenvalue weighted by molar-refractivity contribution is 5.71. The van der Waals surface area contributed by atoms with Crippen LogP contribution in [0.5, 0.6) is 0 Å². The van der Waals surface area contributed by atoms with Crippen LogP contribution in [0, 0.1) is 0 Å². The van der Waals surface area contributed by atoms with Gasteiger partial charge in [0.1, 0.15) is 13.2 Å². The molecule has 0 aliphatic rings. The molecule has 0 heterocycles. The molecule has 0 aliphatic heterocycles. The zero-order valence-electron chi connectivity index (χ0n) is 45.4. The van der Waals surface area contributed by atoms with Crippen LogP contribution in [0.3, 0.4) is 0 Å². The predicted molar refractivity (Wildman–Crippen MR) is 306 cm³/mol. The van der Waals surface area contributed by atoms with Crippen molar-refractivity contribution in [1.29, 1.82) is 0 Å². The van der Waals surface area contributed by atoms with Crippen LogP contribution in [0.15, 0.2) is 146 Å². The number of allylic oxidation sites excluding steroid dienone is 24. The number of carbonyl (C=O) groups is 3. The van der Waals surface area contributed by atoms with Gasteiger partial charge < -0.3 is 14.2 Å².